The van der Waals surface area contributed by atoms with Crippen LogP contribution >= 0.6 is 0 Å². The summed E-state index contributed by atoms with van der Waals surface area (Å²) in [6.07, 6.45) is 1.15. The molecule has 0 radical (unpaired) electrons. The van der Waals surface area contributed by atoms with Crippen LogP contribution in [0.5, 0.6) is 11.5 Å². The quantitative estimate of drug-likeness (QED) is 0.122. The maximum atomic E-state index is 13.0. The lowest BCUT2D eigenvalue weighted by atomic mass is 10.2. The molecular weight excluding hydrogens is 505 g/mol. The summed E-state index contributed by atoms with van der Waals surface area (Å²) in [4.78, 5) is 49.3. The fourth-order valence-corrected chi connectivity index (χ4v) is 3.18. The first-order valence-electron chi connectivity index (χ1n) is 11.5. The van der Waals surface area contributed by atoms with Gasteiger partial charge >= 0.3 is 23.8 Å². The highest BCUT2D eigenvalue weighted by Crippen LogP contribution is 2.26. The molecular formula is C29H20FN3O6. The smallest absolute Gasteiger partial charge is 0.343 e. The number of amides is 2. The van der Waals surface area contributed by atoms with Gasteiger partial charge in [-0.2, -0.15) is 5.10 Å². The number of hydrogen-bond donors (Lipinski definition) is 2. The van der Waals surface area contributed by atoms with Crippen LogP contribution in [0.4, 0.5) is 10.1 Å². The van der Waals surface area contributed by atoms with Crippen molar-refractivity contribution in [3.63, 3.8) is 0 Å². The standard InChI is InChI=1S/C29H20FN3O6/c30-22-12-14-23(15-13-22)32-26(34)27(35)33-31-18-21-11-16-24(38-28(36)19-7-3-1-4-8-19)17-25(21)39-29(37)20-9-5-2-6-10-20/h1-18H,(H,32,34)(H,33,35)/b31-18+. The van der Waals surface area contributed by atoms with Crippen LogP contribution in [0.3, 0.4) is 0 Å². The van der Waals surface area contributed by atoms with Gasteiger partial charge in [0.15, 0.2) is 0 Å². The van der Waals surface area contributed by atoms with E-state index in [1.54, 1.807) is 60.7 Å². The van der Waals surface area contributed by atoms with Crippen molar-refractivity contribution in [3.8, 4) is 11.5 Å². The second-order valence-electron chi connectivity index (χ2n) is 7.87. The Morgan fingerprint density at radius 1 is 0.692 bits per heavy atom. The molecule has 0 bridgehead atoms. The first-order valence-corrected chi connectivity index (χ1v) is 11.5. The number of nitrogens with zero attached hydrogens (tertiary/aromatic N) is 1. The Kier molecular flexibility index (Phi) is 8.50. The van der Waals surface area contributed by atoms with Crippen LogP contribution in [-0.4, -0.2) is 30.0 Å². The second kappa shape index (κ2) is 12.5. The lowest BCUT2D eigenvalue weighted by molar-refractivity contribution is -0.136. The summed E-state index contributed by atoms with van der Waals surface area (Å²) >= 11 is 0. The van der Waals surface area contributed by atoms with Crippen molar-refractivity contribution < 1.29 is 33.0 Å². The molecule has 0 heterocycles. The van der Waals surface area contributed by atoms with Gasteiger partial charge in [0.1, 0.15) is 17.3 Å². The topological polar surface area (TPSA) is 123 Å². The molecule has 10 heteroatoms. The first kappa shape index (κ1) is 26.4. The lowest BCUT2D eigenvalue weighted by Gasteiger charge is -2.10. The van der Waals surface area contributed by atoms with E-state index in [4.69, 9.17) is 9.47 Å². The fraction of sp³-hybridized carbons (Fsp3) is 0. The number of anilines is 1. The zero-order chi connectivity index (χ0) is 27.6. The molecule has 4 aromatic rings. The third-order valence-corrected chi connectivity index (χ3v) is 5.10. The number of ether oxygens (including phenoxy) is 2. The van der Waals surface area contributed by atoms with Gasteiger partial charge in [0.2, 0.25) is 0 Å². The number of hydrogen-bond acceptors (Lipinski definition) is 7. The summed E-state index contributed by atoms with van der Waals surface area (Å²) < 4.78 is 23.9. The average Bonchev–Trinajstić information content (AvgIpc) is 2.96. The summed E-state index contributed by atoms with van der Waals surface area (Å²) in [6.45, 7) is 0. The number of carbonyl (C=O) groups excluding carboxylic acids is 4. The summed E-state index contributed by atoms with van der Waals surface area (Å²) in [6, 6.07) is 25.6. The molecule has 4 aromatic carbocycles. The van der Waals surface area contributed by atoms with Crippen molar-refractivity contribution in [2.45, 2.75) is 0 Å². The van der Waals surface area contributed by atoms with E-state index >= 15 is 0 Å². The van der Waals surface area contributed by atoms with Gasteiger partial charge in [-0.05, 0) is 60.7 Å². The number of esters is 2. The highest BCUT2D eigenvalue weighted by atomic mass is 19.1. The van der Waals surface area contributed by atoms with E-state index in [0.29, 0.717) is 5.56 Å². The minimum atomic E-state index is -1.09. The van der Waals surface area contributed by atoms with Crippen molar-refractivity contribution >= 4 is 35.7 Å². The van der Waals surface area contributed by atoms with Crippen LogP contribution in [0, 0.1) is 5.82 Å². The van der Waals surface area contributed by atoms with Gasteiger partial charge in [0.05, 0.1) is 17.3 Å². The minimum absolute atomic E-state index is 0.0176. The number of halogens is 1. The number of nitrogens with one attached hydrogen (secondary N) is 2. The predicted octanol–water partition coefficient (Wildman–Crippen LogP) is 4.35. The van der Waals surface area contributed by atoms with E-state index < -0.39 is 29.6 Å². The van der Waals surface area contributed by atoms with E-state index in [2.05, 4.69) is 15.8 Å². The largest absolute Gasteiger partial charge is 0.423 e. The monoisotopic (exact) mass is 525 g/mol. The highest BCUT2D eigenvalue weighted by Gasteiger charge is 2.16. The number of carbonyl (C=O) groups is 4. The molecule has 0 aliphatic carbocycles. The van der Waals surface area contributed by atoms with Gasteiger partial charge in [-0.1, -0.05) is 36.4 Å². The van der Waals surface area contributed by atoms with Crippen LogP contribution in [0.2, 0.25) is 0 Å². The molecule has 0 atom stereocenters. The van der Waals surface area contributed by atoms with E-state index in [9.17, 15) is 23.6 Å². The molecule has 0 unspecified atom stereocenters. The molecule has 2 N–H and O–H groups in total. The second-order valence-corrected chi connectivity index (χ2v) is 7.87. The Hall–Kier alpha value is -5.64. The van der Waals surface area contributed by atoms with Crippen LogP contribution in [0.1, 0.15) is 26.3 Å². The third kappa shape index (κ3) is 7.43. The van der Waals surface area contributed by atoms with Crippen LogP contribution in [0.15, 0.2) is 108 Å². The highest BCUT2D eigenvalue weighted by molar-refractivity contribution is 6.39. The molecule has 2 amide bonds. The molecule has 0 aliphatic rings. The van der Waals surface area contributed by atoms with Crippen molar-refractivity contribution in [1.82, 2.24) is 5.43 Å². The number of rotatable bonds is 7. The van der Waals surface area contributed by atoms with Crippen molar-refractivity contribution in [3.05, 3.63) is 126 Å². The zero-order valence-electron chi connectivity index (χ0n) is 20.2. The Morgan fingerprint density at radius 3 is 1.90 bits per heavy atom. The van der Waals surface area contributed by atoms with Gasteiger partial charge in [0.25, 0.3) is 0 Å². The molecule has 0 fully saturated rings. The molecule has 194 valence electrons. The summed E-state index contributed by atoms with van der Waals surface area (Å²) in [5.41, 5.74) is 3.12. The molecule has 0 spiro atoms. The molecule has 0 saturated carbocycles. The summed E-state index contributed by atoms with van der Waals surface area (Å²) in [5, 5.41) is 6.06. The molecule has 39 heavy (non-hydrogen) atoms. The van der Waals surface area contributed by atoms with Crippen LogP contribution in [0.25, 0.3) is 0 Å². The normalized spacial score (nSPS) is 10.5. The molecule has 9 nitrogen and oxygen atoms in total. The van der Waals surface area contributed by atoms with E-state index in [1.165, 1.54) is 30.3 Å². The fourth-order valence-electron chi connectivity index (χ4n) is 3.18. The summed E-state index contributed by atoms with van der Waals surface area (Å²) in [7, 11) is 0. The van der Waals surface area contributed by atoms with E-state index in [0.717, 1.165) is 18.3 Å². The van der Waals surface area contributed by atoms with Crippen molar-refractivity contribution in [2.24, 2.45) is 5.10 Å². The van der Waals surface area contributed by atoms with Gasteiger partial charge in [0, 0.05) is 17.3 Å². The Balaban J connectivity index is 1.49. The number of benzene rings is 4. The van der Waals surface area contributed by atoms with Crippen molar-refractivity contribution in [2.75, 3.05) is 5.32 Å². The minimum Gasteiger partial charge on any atom is -0.423 e. The molecule has 4 rings (SSSR count). The SMILES string of the molecule is O=C(N/N=C/c1ccc(OC(=O)c2ccccc2)cc1OC(=O)c1ccccc1)C(=O)Nc1ccc(F)cc1. The van der Waals surface area contributed by atoms with E-state index in [-0.39, 0.29) is 28.3 Å². The predicted molar refractivity (Wildman–Crippen MR) is 140 cm³/mol. The van der Waals surface area contributed by atoms with Gasteiger partial charge < -0.3 is 14.8 Å². The lowest BCUT2D eigenvalue weighted by Crippen LogP contribution is -2.32. The zero-order valence-corrected chi connectivity index (χ0v) is 20.2. The average molecular weight is 525 g/mol. The van der Waals surface area contributed by atoms with Gasteiger partial charge in [-0.15, -0.1) is 0 Å². The van der Waals surface area contributed by atoms with Gasteiger partial charge in [-0.3, -0.25) is 9.59 Å². The first-order chi connectivity index (χ1) is 18.9. The van der Waals surface area contributed by atoms with Gasteiger partial charge in [-0.25, -0.2) is 19.4 Å². The van der Waals surface area contributed by atoms with Crippen LogP contribution < -0.4 is 20.2 Å². The Morgan fingerprint density at radius 2 is 1.28 bits per heavy atom. The van der Waals surface area contributed by atoms with E-state index in [1.807, 2.05) is 0 Å². The third-order valence-electron chi connectivity index (χ3n) is 5.10. The maximum absolute atomic E-state index is 13.0. The Labute approximate surface area is 221 Å². The molecule has 0 aromatic heterocycles. The number of hydrazone groups is 1. The van der Waals surface area contributed by atoms with Crippen LogP contribution in [-0.2, 0) is 9.59 Å². The summed E-state index contributed by atoms with van der Waals surface area (Å²) in [5.74, 6) is -3.83. The molecule has 0 aliphatic heterocycles. The van der Waals surface area contributed by atoms with Crippen molar-refractivity contribution in [1.29, 1.82) is 0 Å². The Bertz CT molecular complexity index is 1520. The molecule has 0 saturated heterocycles. The maximum Gasteiger partial charge on any atom is 0.343 e.